The molecule has 1 N–H and O–H groups in total. The van der Waals surface area contributed by atoms with Crippen LogP contribution in [0.2, 0.25) is 0 Å². The van der Waals surface area contributed by atoms with Crippen molar-refractivity contribution in [2.75, 3.05) is 13.2 Å². The molecule has 1 aromatic heterocycles. The Morgan fingerprint density at radius 2 is 2.18 bits per heavy atom. The Morgan fingerprint density at radius 1 is 1.35 bits per heavy atom. The Kier molecular flexibility index (Phi) is 4.18. The monoisotopic (exact) mass is 237 g/mol. The molecular formula is C13H23N3O. The summed E-state index contributed by atoms with van der Waals surface area (Å²) in [6.07, 6.45) is 3.51. The zero-order chi connectivity index (χ0) is 12.3. The molecule has 0 amide bonds. The molecule has 17 heavy (non-hydrogen) atoms. The van der Waals surface area contributed by atoms with Gasteiger partial charge in [-0.1, -0.05) is 0 Å². The van der Waals surface area contributed by atoms with E-state index in [2.05, 4.69) is 24.3 Å². The molecule has 4 heteroatoms. The molecule has 4 nitrogen and oxygen atoms in total. The zero-order valence-corrected chi connectivity index (χ0v) is 11.1. The van der Waals surface area contributed by atoms with Gasteiger partial charge in [-0.3, -0.25) is 4.68 Å². The maximum atomic E-state index is 5.47. The lowest BCUT2D eigenvalue weighted by Crippen LogP contribution is -2.29. The molecule has 0 aliphatic carbocycles. The van der Waals surface area contributed by atoms with Crippen LogP contribution in [-0.4, -0.2) is 29.0 Å². The quantitative estimate of drug-likeness (QED) is 0.869. The fraction of sp³-hybridized carbons (Fsp3) is 0.769. The van der Waals surface area contributed by atoms with Gasteiger partial charge >= 0.3 is 0 Å². The lowest BCUT2D eigenvalue weighted by molar-refractivity contribution is 0.142. The first-order valence-corrected chi connectivity index (χ1v) is 6.48. The summed E-state index contributed by atoms with van der Waals surface area (Å²) in [6.45, 7) is 6.95. The highest BCUT2D eigenvalue weighted by molar-refractivity contribution is 5.24. The third-order valence-electron chi connectivity index (χ3n) is 3.68. The molecule has 1 saturated heterocycles. The van der Waals surface area contributed by atoms with Crippen molar-refractivity contribution < 1.29 is 4.74 Å². The van der Waals surface area contributed by atoms with E-state index in [0.717, 1.165) is 31.9 Å². The molecule has 1 aliphatic rings. The average Bonchev–Trinajstić information content (AvgIpc) is 2.53. The summed E-state index contributed by atoms with van der Waals surface area (Å²) in [7, 11) is 2.01. The first kappa shape index (κ1) is 12.6. The molecule has 1 aromatic rings. The number of hydrogen-bond donors (Lipinski definition) is 1. The van der Waals surface area contributed by atoms with Crippen LogP contribution in [0.15, 0.2) is 0 Å². The second-order valence-corrected chi connectivity index (χ2v) is 4.89. The highest BCUT2D eigenvalue weighted by Gasteiger charge is 2.14. The maximum Gasteiger partial charge on any atom is 0.0641 e. The molecule has 0 aromatic carbocycles. The van der Waals surface area contributed by atoms with Crippen molar-refractivity contribution in [1.82, 2.24) is 15.1 Å². The van der Waals surface area contributed by atoms with Crippen molar-refractivity contribution in [3.05, 3.63) is 17.0 Å². The summed E-state index contributed by atoms with van der Waals surface area (Å²) < 4.78 is 7.43. The third-order valence-corrected chi connectivity index (χ3v) is 3.68. The molecular weight excluding hydrogens is 214 g/mol. The van der Waals surface area contributed by atoms with Gasteiger partial charge in [0, 0.05) is 44.1 Å². The van der Waals surface area contributed by atoms with E-state index in [-0.39, 0.29) is 0 Å². The maximum absolute atomic E-state index is 5.47. The van der Waals surface area contributed by atoms with Gasteiger partial charge in [0.2, 0.25) is 0 Å². The van der Waals surface area contributed by atoms with Crippen molar-refractivity contribution in [2.24, 2.45) is 7.05 Å². The van der Waals surface area contributed by atoms with Crippen LogP contribution in [-0.2, 0) is 18.3 Å². The van der Waals surface area contributed by atoms with Gasteiger partial charge in [0.25, 0.3) is 0 Å². The molecule has 2 rings (SSSR count). The second kappa shape index (κ2) is 5.65. The van der Waals surface area contributed by atoms with E-state index in [1.165, 1.54) is 24.1 Å². The minimum absolute atomic E-state index is 0.594. The van der Waals surface area contributed by atoms with Crippen LogP contribution in [0.1, 0.15) is 36.2 Å². The highest BCUT2D eigenvalue weighted by atomic mass is 16.5. The number of ether oxygens (including phenoxy) is 1. The number of rotatable bonds is 3. The topological polar surface area (TPSA) is 39.1 Å². The average molecular weight is 237 g/mol. The molecule has 1 fully saturated rings. The summed E-state index contributed by atoms with van der Waals surface area (Å²) in [5, 5.41) is 8.08. The lowest BCUT2D eigenvalue weighted by Gasteiger charge is -2.15. The van der Waals surface area contributed by atoms with Crippen molar-refractivity contribution >= 4 is 0 Å². The molecule has 0 bridgehead atoms. The van der Waals surface area contributed by atoms with Crippen molar-refractivity contribution in [3.63, 3.8) is 0 Å². The van der Waals surface area contributed by atoms with Crippen LogP contribution in [0.25, 0.3) is 0 Å². The first-order chi connectivity index (χ1) is 8.18. The normalized spacial score (nSPS) is 21.5. The number of aromatic nitrogens is 2. The van der Waals surface area contributed by atoms with E-state index in [1.807, 2.05) is 11.7 Å². The minimum Gasteiger partial charge on any atom is -0.381 e. The fourth-order valence-electron chi connectivity index (χ4n) is 2.43. The predicted molar refractivity (Wildman–Crippen MR) is 68.0 cm³/mol. The van der Waals surface area contributed by atoms with Crippen LogP contribution in [0.3, 0.4) is 0 Å². The Labute approximate surface area is 103 Å². The molecule has 0 saturated carbocycles. The van der Waals surface area contributed by atoms with Gasteiger partial charge in [0.15, 0.2) is 0 Å². The third kappa shape index (κ3) is 3.07. The number of aryl methyl sites for hydroxylation is 2. The molecule has 1 unspecified atom stereocenters. The van der Waals surface area contributed by atoms with Crippen LogP contribution < -0.4 is 5.32 Å². The number of hydrogen-bond acceptors (Lipinski definition) is 3. The van der Waals surface area contributed by atoms with E-state index in [0.29, 0.717) is 6.04 Å². The van der Waals surface area contributed by atoms with E-state index < -0.39 is 0 Å². The van der Waals surface area contributed by atoms with Gasteiger partial charge in [0.05, 0.1) is 5.69 Å². The largest absolute Gasteiger partial charge is 0.381 e. The van der Waals surface area contributed by atoms with E-state index in [1.54, 1.807) is 0 Å². The zero-order valence-electron chi connectivity index (χ0n) is 11.1. The summed E-state index contributed by atoms with van der Waals surface area (Å²) in [5.74, 6) is 0. The Bertz CT molecular complexity index is 365. The molecule has 1 aliphatic heterocycles. The second-order valence-electron chi connectivity index (χ2n) is 4.89. The molecule has 96 valence electrons. The van der Waals surface area contributed by atoms with Crippen LogP contribution in [0.5, 0.6) is 0 Å². The number of nitrogens with one attached hydrogen (secondary N) is 1. The van der Waals surface area contributed by atoms with Crippen molar-refractivity contribution in [2.45, 2.75) is 45.7 Å². The lowest BCUT2D eigenvalue weighted by atomic mass is 10.1. The summed E-state index contributed by atoms with van der Waals surface area (Å²) in [6, 6.07) is 0.594. The van der Waals surface area contributed by atoms with Crippen LogP contribution in [0.4, 0.5) is 0 Å². The van der Waals surface area contributed by atoms with Gasteiger partial charge in [-0.25, -0.2) is 0 Å². The van der Waals surface area contributed by atoms with Gasteiger partial charge in [-0.05, 0) is 33.1 Å². The Balaban J connectivity index is 1.92. The van der Waals surface area contributed by atoms with Crippen molar-refractivity contribution in [3.8, 4) is 0 Å². The smallest absolute Gasteiger partial charge is 0.0641 e. The summed E-state index contributed by atoms with van der Waals surface area (Å²) >= 11 is 0. The minimum atomic E-state index is 0.594. The first-order valence-electron chi connectivity index (χ1n) is 6.48. The number of nitrogens with zero attached hydrogens (tertiary/aromatic N) is 2. The van der Waals surface area contributed by atoms with Gasteiger partial charge in [0.1, 0.15) is 0 Å². The van der Waals surface area contributed by atoms with Gasteiger partial charge in [-0.2, -0.15) is 5.10 Å². The predicted octanol–water partition coefficient (Wildman–Crippen LogP) is 1.70. The standard InChI is InChI=1S/C13H23N3O/c1-10-13(11(2)16(3)15-10)9-14-12-5-4-7-17-8-6-12/h12,14H,4-9H2,1-3H3. The summed E-state index contributed by atoms with van der Waals surface area (Å²) in [5.41, 5.74) is 3.75. The van der Waals surface area contributed by atoms with E-state index >= 15 is 0 Å². The fourth-order valence-corrected chi connectivity index (χ4v) is 2.43. The van der Waals surface area contributed by atoms with Crippen molar-refractivity contribution in [1.29, 1.82) is 0 Å². The summed E-state index contributed by atoms with van der Waals surface area (Å²) in [4.78, 5) is 0. The van der Waals surface area contributed by atoms with Gasteiger partial charge in [-0.15, -0.1) is 0 Å². The molecule has 1 atom stereocenters. The highest BCUT2D eigenvalue weighted by Crippen LogP contribution is 2.14. The van der Waals surface area contributed by atoms with Crippen LogP contribution >= 0.6 is 0 Å². The SMILES string of the molecule is Cc1nn(C)c(C)c1CNC1CCCOCC1. The molecule has 0 radical (unpaired) electrons. The van der Waals surface area contributed by atoms with E-state index in [4.69, 9.17) is 4.74 Å². The van der Waals surface area contributed by atoms with Crippen LogP contribution in [0, 0.1) is 13.8 Å². The molecule has 0 spiro atoms. The molecule has 2 heterocycles. The Hall–Kier alpha value is -0.870. The van der Waals surface area contributed by atoms with Gasteiger partial charge < -0.3 is 10.1 Å². The van der Waals surface area contributed by atoms with E-state index in [9.17, 15) is 0 Å². The Morgan fingerprint density at radius 3 is 2.88 bits per heavy atom.